The minimum atomic E-state index is -0.953. The molecule has 1 unspecified atom stereocenters. The van der Waals surface area contributed by atoms with Gasteiger partial charge in [0.1, 0.15) is 11.8 Å². The molecule has 1 aromatic rings. The third-order valence-electron chi connectivity index (χ3n) is 2.06. The molecule has 16 heavy (non-hydrogen) atoms. The molecule has 1 aromatic carbocycles. The average Bonchev–Trinajstić information content (AvgIpc) is 2.29. The summed E-state index contributed by atoms with van der Waals surface area (Å²) in [6.45, 7) is 0.417. The van der Waals surface area contributed by atoms with Crippen molar-refractivity contribution in [2.75, 3.05) is 19.4 Å². The van der Waals surface area contributed by atoms with E-state index in [4.69, 9.17) is 15.7 Å². The summed E-state index contributed by atoms with van der Waals surface area (Å²) in [5, 5.41) is 8.80. The Morgan fingerprint density at radius 2 is 2.31 bits per heavy atom. The van der Waals surface area contributed by atoms with Crippen LogP contribution in [0, 0.1) is 11.3 Å². The zero-order valence-electron chi connectivity index (χ0n) is 9.10. The quantitative estimate of drug-likeness (QED) is 0.822. The molecule has 0 bridgehead atoms. The van der Waals surface area contributed by atoms with E-state index >= 15 is 0 Å². The number of hydrogen-bond acceptors (Lipinski definition) is 4. The largest absolute Gasteiger partial charge is 0.495 e. The smallest absolute Gasteiger partial charge is 0.136 e. The Morgan fingerprint density at radius 1 is 1.56 bits per heavy atom. The number of hydrogen-bond donors (Lipinski definition) is 1. The Hall–Kier alpha value is -1.38. The van der Waals surface area contributed by atoms with Crippen molar-refractivity contribution in [2.45, 2.75) is 5.75 Å². The van der Waals surface area contributed by atoms with E-state index in [-0.39, 0.29) is 0 Å². The van der Waals surface area contributed by atoms with Gasteiger partial charge in [-0.3, -0.25) is 4.21 Å². The van der Waals surface area contributed by atoms with Gasteiger partial charge in [0.25, 0.3) is 0 Å². The highest BCUT2D eigenvalue weighted by Gasteiger charge is 2.06. The van der Waals surface area contributed by atoms with Gasteiger partial charge in [0, 0.05) is 28.9 Å². The third-order valence-corrected chi connectivity index (χ3v) is 3.41. The maximum Gasteiger partial charge on any atom is 0.136 e. The first-order valence-corrected chi connectivity index (χ1v) is 6.32. The summed E-state index contributed by atoms with van der Waals surface area (Å²) in [5.74, 6) is 1.45. The van der Waals surface area contributed by atoms with Crippen molar-refractivity contribution in [2.24, 2.45) is 5.73 Å². The van der Waals surface area contributed by atoms with Crippen LogP contribution in [-0.2, 0) is 16.6 Å². The van der Waals surface area contributed by atoms with E-state index in [9.17, 15) is 4.21 Å². The molecule has 0 aliphatic heterocycles. The molecular formula is C11H14N2O2S. The molecule has 0 radical (unpaired) electrons. The van der Waals surface area contributed by atoms with Gasteiger partial charge in [0.15, 0.2) is 0 Å². The molecule has 0 heterocycles. The Balaban J connectivity index is 2.84. The summed E-state index contributed by atoms with van der Waals surface area (Å²) in [7, 11) is 0.557. The second-order valence-electron chi connectivity index (χ2n) is 3.22. The minimum absolute atomic E-state index is 0.417. The molecule has 0 aromatic heterocycles. The highest BCUT2D eigenvalue weighted by atomic mass is 32.2. The summed E-state index contributed by atoms with van der Waals surface area (Å²) >= 11 is 0. The highest BCUT2D eigenvalue weighted by Crippen LogP contribution is 2.20. The van der Waals surface area contributed by atoms with Crippen LogP contribution in [-0.4, -0.2) is 23.6 Å². The lowest BCUT2D eigenvalue weighted by atomic mass is 10.1. The molecule has 0 aliphatic rings. The van der Waals surface area contributed by atoms with Crippen LogP contribution in [0.2, 0.25) is 0 Å². The van der Waals surface area contributed by atoms with E-state index in [1.807, 2.05) is 6.07 Å². The lowest BCUT2D eigenvalue weighted by Gasteiger charge is -2.06. The van der Waals surface area contributed by atoms with Gasteiger partial charge in [-0.2, -0.15) is 5.26 Å². The SMILES string of the molecule is COc1cc(CS(=O)CCN)ccc1C#N. The van der Waals surface area contributed by atoms with Gasteiger partial charge in [-0.05, 0) is 17.7 Å². The Labute approximate surface area is 97.5 Å². The highest BCUT2D eigenvalue weighted by molar-refractivity contribution is 7.84. The molecule has 2 N–H and O–H groups in total. The molecule has 5 heteroatoms. The van der Waals surface area contributed by atoms with Gasteiger partial charge in [-0.15, -0.1) is 0 Å². The zero-order chi connectivity index (χ0) is 12.0. The fraction of sp³-hybridized carbons (Fsp3) is 0.364. The number of nitrogens with zero attached hydrogens (tertiary/aromatic N) is 1. The first kappa shape index (κ1) is 12.7. The van der Waals surface area contributed by atoms with Crippen LogP contribution in [0.25, 0.3) is 0 Å². The van der Waals surface area contributed by atoms with Crippen molar-refractivity contribution in [3.05, 3.63) is 29.3 Å². The topological polar surface area (TPSA) is 76.1 Å². The van der Waals surface area contributed by atoms with Crippen molar-refractivity contribution in [3.8, 4) is 11.8 Å². The predicted molar refractivity (Wildman–Crippen MR) is 63.5 cm³/mol. The summed E-state index contributed by atoms with van der Waals surface area (Å²) in [6.07, 6.45) is 0. The van der Waals surface area contributed by atoms with E-state index in [0.29, 0.717) is 29.4 Å². The van der Waals surface area contributed by atoms with Gasteiger partial charge in [0.2, 0.25) is 0 Å². The zero-order valence-corrected chi connectivity index (χ0v) is 9.92. The van der Waals surface area contributed by atoms with Gasteiger partial charge in [-0.25, -0.2) is 0 Å². The van der Waals surface area contributed by atoms with Gasteiger partial charge < -0.3 is 10.5 Å². The van der Waals surface area contributed by atoms with Crippen LogP contribution in [0.1, 0.15) is 11.1 Å². The molecule has 86 valence electrons. The molecular weight excluding hydrogens is 224 g/mol. The van der Waals surface area contributed by atoms with Crippen molar-refractivity contribution in [1.82, 2.24) is 0 Å². The van der Waals surface area contributed by atoms with Gasteiger partial charge in [-0.1, -0.05) is 6.07 Å². The molecule has 0 amide bonds. The number of nitrogens with two attached hydrogens (primary N) is 1. The van der Waals surface area contributed by atoms with Crippen LogP contribution >= 0.6 is 0 Å². The molecule has 0 saturated carbocycles. The summed E-state index contributed by atoms with van der Waals surface area (Å²) in [6, 6.07) is 7.24. The molecule has 4 nitrogen and oxygen atoms in total. The first-order valence-electron chi connectivity index (χ1n) is 4.83. The van der Waals surface area contributed by atoms with E-state index < -0.39 is 10.8 Å². The standard InChI is InChI=1S/C11H14N2O2S/c1-15-11-6-9(2-3-10(11)7-13)8-16(14)5-4-12/h2-3,6H,4-5,8,12H2,1H3. The number of ether oxygens (including phenoxy) is 1. The first-order chi connectivity index (χ1) is 7.71. The minimum Gasteiger partial charge on any atom is -0.495 e. The maximum absolute atomic E-state index is 11.5. The Bertz CT molecular complexity index is 426. The van der Waals surface area contributed by atoms with E-state index in [1.165, 1.54) is 7.11 Å². The van der Waals surface area contributed by atoms with Gasteiger partial charge >= 0.3 is 0 Å². The van der Waals surface area contributed by atoms with Crippen molar-refractivity contribution in [1.29, 1.82) is 5.26 Å². The lowest BCUT2D eigenvalue weighted by molar-refractivity contribution is 0.413. The van der Waals surface area contributed by atoms with Crippen LogP contribution in [0.15, 0.2) is 18.2 Å². The number of methoxy groups -OCH3 is 1. The van der Waals surface area contributed by atoms with Crippen molar-refractivity contribution >= 4 is 10.8 Å². The molecule has 0 aliphatic carbocycles. The lowest BCUT2D eigenvalue weighted by Crippen LogP contribution is -2.11. The van der Waals surface area contributed by atoms with Crippen LogP contribution < -0.4 is 10.5 Å². The number of rotatable bonds is 5. The monoisotopic (exact) mass is 238 g/mol. The normalized spacial score (nSPS) is 11.8. The summed E-state index contributed by atoms with van der Waals surface area (Å²) in [4.78, 5) is 0. The maximum atomic E-state index is 11.5. The van der Waals surface area contributed by atoms with Crippen LogP contribution in [0.3, 0.4) is 0 Å². The van der Waals surface area contributed by atoms with E-state index in [2.05, 4.69) is 0 Å². The summed E-state index contributed by atoms with van der Waals surface area (Å²) in [5.41, 5.74) is 6.70. The Morgan fingerprint density at radius 3 is 2.88 bits per heavy atom. The molecule has 1 atom stereocenters. The molecule has 0 saturated heterocycles. The summed E-state index contributed by atoms with van der Waals surface area (Å²) < 4.78 is 16.6. The van der Waals surface area contributed by atoms with Crippen molar-refractivity contribution in [3.63, 3.8) is 0 Å². The average molecular weight is 238 g/mol. The molecule has 1 rings (SSSR count). The second kappa shape index (κ2) is 6.26. The second-order valence-corrected chi connectivity index (χ2v) is 4.80. The van der Waals surface area contributed by atoms with Gasteiger partial charge in [0.05, 0.1) is 12.7 Å². The van der Waals surface area contributed by atoms with E-state index in [0.717, 1.165) is 5.56 Å². The number of benzene rings is 1. The molecule has 0 fully saturated rings. The van der Waals surface area contributed by atoms with Crippen molar-refractivity contribution < 1.29 is 8.95 Å². The van der Waals surface area contributed by atoms with Crippen LogP contribution in [0.5, 0.6) is 5.75 Å². The Kier molecular flexibility index (Phi) is 4.96. The van der Waals surface area contributed by atoms with E-state index in [1.54, 1.807) is 18.2 Å². The predicted octanol–water partition coefficient (Wildman–Crippen LogP) is 0.774. The fourth-order valence-electron chi connectivity index (χ4n) is 1.31. The fourth-order valence-corrected chi connectivity index (χ4v) is 2.27. The number of nitriles is 1. The van der Waals surface area contributed by atoms with Crippen LogP contribution in [0.4, 0.5) is 0 Å². The third kappa shape index (κ3) is 3.33. The molecule has 0 spiro atoms.